The third-order valence-corrected chi connectivity index (χ3v) is 4.35. The van der Waals surface area contributed by atoms with Crippen LogP contribution in [0.5, 0.6) is 0 Å². The highest BCUT2D eigenvalue weighted by Gasteiger charge is 2.21. The molecule has 3 heteroatoms. The fraction of sp³-hybridized carbons (Fsp3) is 0.429. The van der Waals surface area contributed by atoms with E-state index < -0.39 is 0 Å². The molecule has 1 N–H and O–H groups in total. The molecule has 0 saturated carbocycles. The molecule has 0 bridgehead atoms. The average Bonchev–Trinajstić information content (AvgIpc) is 2.87. The topological polar surface area (TPSA) is 19.0 Å². The molecule has 17 heavy (non-hydrogen) atoms. The molecule has 90 valence electrons. The number of rotatable bonds is 2. The Morgan fingerprint density at radius 2 is 2.35 bits per heavy atom. The number of likely N-dealkylation sites (tertiary alicyclic amines) is 1. The summed E-state index contributed by atoms with van der Waals surface area (Å²) in [6.07, 6.45) is 6.01. The lowest BCUT2D eigenvalue weighted by atomic mass is 10.0. The van der Waals surface area contributed by atoms with Gasteiger partial charge < -0.3 is 9.88 Å². The van der Waals surface area contributed by atoms with Gasteiger partial charge in [0.1, 0.15) is 0 Å². The number of nitrogens with zero attached hydrogens (tertiary/aromatic N) is 1. The van der Waals surface area contributed by atoms with Crippen LogP contribution in [0.2, 0.25) is 0 Å². The van der Waals surface area contributed by atoms with E-state index in [2.05, 4.69) is 57.3 Å². The van der Waals surface area contributed by atoms with E-state index in [1.165, 1.54) is 35.9 Å². The Hall–Kier alpha value is -0.800. The van der Waals surface area contributed by atoms with Gasteiger partial charge in [-0.3, -0.25) is 0 Å². The Morgan fingerprint density at radius 3 is 3.12 bits per heavy atom. The fourth-order valence-electron chi connectivity index (χ4n) is 2.82. The van der Waals surface area contributed by atoms with E-state index in [-0.39, 0.29) is 0 Å². The van der Waals surface area contributed by atoms with Crippen LogP contribution in [0.1, 0.15) is 18.4 Å². The first-order valence-corrected chi connectivity index (χ1v) is 6.99. The van der Waals surface area contributed by atoms with Gasteiger partial charge in [0.05, 0.1) is 0 Å². The molecule has 0 spiro atoms. The summed E-state index contributed by atoms with van der Waals surface area (Å²) in [6.45, 7) is 1.25. The van der Waals surface area contributed by atoms with Crippen molar-refractivity contribution in [1.29, 1.82) is 0 Å². The van der Waals surface area contributed by atoms with Crippen LogP contribution in [-0.2, 0) is 6.42 Å². The molecule has 1 aromatic heterocycles. The van der Waals surface area contributed by atoms with Crippen molar-refractivity contribution in [3.8, 4) is 0 Å². The number of hydrogen-bond donors (Lipinski definition) is 1. The summed E-state index contributed by atoms with van der Waals surface area (Å²) in [5.74, 6) is 0. The van der Waals surface area contributed by atoms with Crippen molar-refractivity contribution < 1.29 is 0 Å². The minimum absolute atomic E-state index is 0.720. The number of hydrogen-bond acceptors (Lipinski definition) is 1. The van der Waals surface area contributed by atoms with Gasteiger partial charge >= 0.3 is 0 Å². The van der Waals surface area contributed by atoms with Crippen molar-refractivity contribution in [3.05, 3.63) is 34.4 Å². The third-order valence-electron chi connectivity index (χ3n) is 3.86. The number of aromatic amines is 1. The maximum Gasteiger partial charge on any atom is 0.0468 e. The minimum Gasteiger partial charge on any atom is -0.361 e. The first-order chi connectivity index (χ1) is 8.24. The van der Waals surface area contributed by atoms with Crippen LogP contribution in [0.25, 0.3) is 10.9 Å². The van der Waals surface area contributed by atoms with Crippen LogP contribution in [-0.4, -0.2) is 29.5 Å². The third kappa shape index (κ3) is 2.14. The Kier molecular flexibility index (Phi) is 2.97. The highest BCUT2D eigenvalue weighted by atomic mass is 79.9. The van der Waals surface area contributed by atoms with Crippen LogP contribution < -0.4 is 0 Å². The fourth-order valence-corrected chi connectivity index (χ4v) is 3.18. The molecule has 3 rings (SSSR count). The van der Waals surface area contributed by atoms with Gasteiger partial charge in [0, 0.05) is 27.6 Å². The molecule has 1 aliphatic heterocycles. The van der Waals surface area contributed by atoms with Gasteiger partial charge in [0.15, 0.2) is 0 Å². The minimum atomic E-state index is 0.720. The van der Waals surface area contributed by atoms with E-state index in [1.54, 1.807) is 0 Å². The molecule has 1 saturated heterocycles. The first-order valence-electron chi connectivity index (χ1n) is 6.20. The molecule has 1 aromatic carbocycles. The molecule has 1 atom stereocenters. The first kappa shape index (κ1) is 11.3. The van der Waals surface area contributed by atoms with Crippen LogP contribution in [0, 0.1) is 0 Å². The standard InChI is InChI=1S/C14H17BrN2/c1-17-6-2-3-12(17)7-10-9-16-14-8-11(15)4-5-13(10)14/h4-5,8-9,12,16H,2-3,6-7H2,1H3. The maximum absolute atomic E-state index is 3.51. The van der Waals surface area contributed by atoms with Crippen molar-refractivity contribution in [1.82, 2.24) is 9.88 Å². The van der Waals surface area contributed by atoms with E-state index >= 15 is 0 Å². The summed E-state index contributed by atoms with van der Waals surface area (Å²) in [7, 11) is 2.24. The normalized spacial score (nSPS) is 21.4. The van der Waals surface area contributed by atoms with E-state index in [1.807, 2.05) is 0 Å². The van der Waals surface area contributed by atoms with Gasteiger partial charge in [-0.1, -0.05) is 22.0 Å². The highest BCUT2D eigenvalue weighted by Crippen LogP contribution is 2.26. The summed E-state index contributed by atoms with van der Waals surface area (Å²) in [6, 6.07) is 7.20. The predicted molar refractivity (Wildman–Crippen MR) is 75.4 cm³/mol. The molecular formula is C14H17BrN2. The van der Waals surface area contributed by atoms with Gasteiger partial charge in [0.2, 0.25) is 0 Å². The molecule has 1 unspecified atom stereocenters. The number of nitrogens with one attached hydrogen (secondary N) is 1. The molecule has 2 aromatic rings. The van der Waals surface area contributed by atoms with Gasteiger partial charge in [0.25, 0.3) is 0 Å². The Morgan fingerprint density at radius 1 is 1.47 bits per heavy atom. The summed E-state index contributed by atoms with van der Waals surface area (Å²) >= 11 is 3.51. The zero-order chi connectivity index (χ0) is 11.8. The molecule has 0 radical (unpaired) electrons. The predicted octanol–water partition coefficient (Wildman–Crippen LogP) is 3.57. The van der Waals surface area contributed by atoms with Crippen LogP contribution in [0.15, 0.2) is 28.9 Å². The lowest BCUT2D eigenvalue weighted by Crippen LogP contribution is -2.26. The molecular weight excluding hydrogens is 276 g/mol. The maximum atomic E-state index is 3.51. The second-order valence-corrected chi connectivity index (χ2v) is 5.90. The zero-order valence-corrected chi connectivity index (χ0v) is 11.6. The molecule has 1 aliphatic rings. The van der Waals surface area contributed by atoms with Crippen molar-refractivity contribution in [2.75, 3.05) is 13.6 Å². The van der Waals surface area contributed by atoms with Crippen molar-refractivity contribution in [3.63, 3.8) is 0 Å². The van der Waals surface area contributed by atoms with E-state index in [0.717, 1.165) is 16.9 Å². The van der Waals surface area contributed by atoms with Crippen LogP contribution in [0.3, 0.4) is 0 Å². The SMILES string of the molecule is CN1CCCC1Cc1c[nH]c2cc(Br)ccc12. The number of aromatic nitrogens is 1. The number of benzene rings is 1. The summed E-state index contributed by atoms with van der Waals surface area (Å²) < 4.78 is 1.14. The van der Waals surface area contributed by atoms with Crippen LogP contribution in [0.4, 0.5) is 0 Å². The molecule has 2 nitrogen and oxygen atoms in total. The summed E-state index contributed by atoms with van der Waals surface area (Å²) in [4.78, 5) is 5.85. The quantitative estimate of drug-likeness (QED) is 0.897. The lowest BCUT2D eigenvalue weighted by molar-refractivity contribution is 0.310. The van der Waals surface area contributed by atoms with Crippen LogP contribution >= 0.6 is 15.9 Å². The molecule has 0 aliphatic carbocycles. The van der Waals surface area contributed by atoms with Crippen molar-refractivity contribution in [2.45, 2.75) is 25.3 Å². The van der Waals surface area contributed by atoms with Gasteiger partial charge in [-0.15, -0.1) is 0 Å². The summed E-state index contributed by atoms with van der Waals surface area (Å²) in [5, 5.41) is 1.37. The van der Waals surface area contributed by atoms with Gasteiger partial charge in [-0.2, -0.15) is 0 Å². The van der Waals surface area contributed by atoms with Gasteiger partial charge in [-0.25, -0.2) is 0 Å². The largest absolute Gasteiger partial charge is 0.361 e. The number of likely N-dealkylation sites (N-methyl/N-ethyl adjacent to an activating group) is 1. The molecule has 1 fully saturated rings. The Labute approximate surface area is 110 Å². The van der Waals surface area contributed by atoms with E-state index in [9.17, 15) is 0 Å². The van der Waals surface area contributed by atoms with E-state index in [4.69, 9.17) is 0 Å². The number of H-pyrrole nitrogens is 1. The Bertz CT molecular complexity index is 532. The van der Waals surface area contributed by atoms with Crippen molar-refractivity contribution >= 4 is 26.8 Å². The number of fused-ring (bicyclic) bond motifs is 1. The number of halogens is 1. The van der Waals surface area contributed by atoms with E-state index in [0.29, 0.717) is 0 Å². The monoisotopic (exact) mass is 292 g/mol. The molecule has 0 amide bonds. The smallest absolute Gasteiger partial charge is 0.0468 e. The zero-order valence-electron chi connectivity index (χ0n) is 10.0. The second kappa shape index (κ2) is 4.46. The highest BCUT2D eigenvalue weighted by molar-refractivity contribution is 9.10. The second-order valence-electron chi connectivity index (χ2n) is 4.98. The Balaban J connectivity index is 1.90. The van der Waals surface area contributed by atoms with Crippen molar-refractivity contribution in [2.24, 2.45) is 0 Å². The average molecular weight is 293 g/mol. The molecule has 2 heterocycles. The lowest BCUT2D eigenvalue weighted by Gasteiger charge is -2.18. The van der Waals surface area contributed by atoms with Gasteiger partial charge in [-0.05, 0) is 50.6 Å². The summed E-state index contributed by atoms with van der Waals surface area (Å²) in [5.41, 5.74) is 2.68.